The molecule has 0 saturated carbocycles. The number of thiazole rings is 1. The quantitative estimate of drug-likeness (QED) is 0.544. The highest BCUT2D eigenvalue weighted by atomic mass is 32.1. The number of carbonyl (C=O) groups excluding carboxylic acids is 1. The number of quaternary nitrogens is 1. The number of aromatic nitrogens is 1. The van der Waals surface area contributed by atoms with E-state index in [-0.39, 0.29) is 5.91 Å². The molecule has 0 aliphatic heterocycles. The molecule has 3 rings (SSSR count). The number of hydrogen-bond donors (Lipinski definition) is 1. The monoisotopic (exact) mass is 416 g/mol. The molecule has 0 unspecified atom stereocenters. The zero-order valence-corrected chi connectivity index (χ0v) is 18.1. The summed E-state index contributed by atoms with van der Waals surface area (Å²) in [6.45, 7) is 4.18. The predicted molar refractivity (Wildman–Crippen MR) is 119 cm³/mol. The fourth-order valence-corrected chi connectivity index (χ4v) is 4.45. The lowest BCUT2D eigenvalue weighted by Crippen LogP contribution is -3.05. The molecule has 3 aromatic rings. The van der Waals surface area contributed by atoms with Crippen molar-refractivity contribution in [2.45, 2.75) is 13.3 Å². The number of nitrogens with one attached hydrogen (secondary N) is 1. The normalized spacial score (nSPS) is 11.6. The third-order valence-corrected chi connectivity index (χ3v) is 6.04. The molecule has 0 atom stereocenters. The second kappa shape index (κ2) is 9.82. The van der Waals surface area contributed by atoms with Gasteiger partial charge in [0.2, 0.25) is 0 Å². The summed E-state index contributed by atoms with van der Waals surface area (Å²) in [5.74, 6) is 0.723. The van der Waals surface area contributed by atoms with Gasteiger partial charge in [0.25, 0.3) is 5.91 Å². The largest absolute Gasteiger partial charge is 0.492 e. The van der Waals surface area contributed by atoms with Crippen molar-refractivity contribution in [1.82, 2.24) is 4.98 Å². The molecule has 0 spiro atoms. The van der Waals surface area contributed by atoms with Crippen molar-refractivity contribution in [2.24, 2.45) is 0 Å². The van der Waals surface area contributed by atoms with E-state index in [1.165, 1.54) is 16.2 Å². The van der Waals surface area contributed by atoms with Gasteiger partial charge in [-0.25, -0.2) is 4.98 Å². The lowest BCUT2D eigenvalue weighted by Gasteiger charge is -2.18. The molecule has 1 N–H and O–H groups in total. The smallest absolute Gasteiger partial charge is 0.252 e. The molecule has 0 radical (unpaired) electrons. The Kier molecular flexibility index (Phi) is 7.19. The lowest BCUT2D eigenvalue weighted by molar-refractivity contribution is -0.858. The molecule has 0 aliphatic rings. The number of benzene rings is 1. The minimum Gasteiger partial charge on any atom is -0.492 e. The maximum atomic E-state index is 13.0. The first-order chi connectivity index (χ1) is 13.6. The van der Waals surface area contributed by atoms with Gasteiger partial charge >= 0.3 is 0 Å². The van der Waals surface area contributed by atoms with Gasteiger partial charge in [0, 0.05) is 23.9 Å². The Morgan fingerprint density at radius 1 is 1.29 bits per heavy atom. The zero-order valence-electron chi connectivity index (χ0n) is 16.5. The highest BCUT2D eigenvalue weighted by Crippen LogP contribution is 2.34. The minimum atomic E-state index is -0.0424. The summed E-state index contributed by atoms with van der Waals surface area (Å²) in [6, 6.07) is 9.89. The van der Waals surface area contributed by atoms with Crippen molar-refractivity contribution in [2.75, 3.05) is 38.7 Å². The molecule has 0 fully saturated rings. The Labute approximate surface area is 173 Å². The highest BCUT2D eigenvalue weighted by Gasteiger charge is 2.19. The van der Waals surface area contributed by atoms with E-state index in [1.807, 2.05) is 48.7 Å². The first-order valence-electron chi connectivity index (χ1n) is 9.43. The van der Waals surface area contributed by atoms with E-state index in [9.17, 15) is 4.79 Å². The number of thiophene rings is 1. The van der Waals surface area contributed by atoms with Crippen LogP contribution in [0.1, 0.15) is 18.2 Å². The molecule has 5 nitrogen and oxygen atoms in total. The summed E-state index contributed by atoms with van der Waals surface area (Å²) in [5, 5.41) is 2.72. The molecule has 1 aromatic carbocycles. The van der Waals surface area contributed by atoms with Crippen LogP contribution in [0.4, 0.5) is 5.13 Å². The number of para-hydroxylation sites is 1. The Bertz CT molecular complexity index is 932. The van der Waals surface area contributed by atoms with Gasteiger partial charge in [0.1, 0.15) is 11.3 Å². The standard InChI is InChI=1S/C21H25N3O2S2/c1-4-26-17-9-5-10-18-20(17)22-21(28-18)24(14-7-13-23(2)3)19(25)12-11-16-8-6-15-27-16/h5-6,8-12,15H,4,7,13-14H2,1-3H3/p+1/b12-11+. The van der Waals surface area contributed by atoms with Crippen LogP contribution in [0.3, 0.4) is 0 Å². The number of nitrogens with zero attached hydrogens (tertiary/aromatic N) is 2. The number of ether oxygens (including phenoxy) is 1. The Hall–Kier alpha value is -2.22. The molecule has 148 valence electrons. The van der Waals surface area contributed by atoms with E-state index in [0.29, 0.717) is 13.2 Å². The molecule has 7 heteroatoms. The van der Waals surface area contributed by atoms with Crippen LogP contribution < -0.4 is 14.5 Å². The molecule has 0 bridgehead atoms. The van der Waals surface area contributed by atoms with Crippen LogP contribution in [0.25, 0.3) is 16.3 Å². The van der Waals surface area contributed by atoms with Crippen molar-refractivity contribution in [3.8, 4) is 5.75 Å². The summed E-state index contributed by atoms with van der Waals surface area (Å²) < 4.78 is 6.73. The van der Waals surface area contributed by atoms with Gasteiger partial charge in [-0.2, -0.15) is 0 Å². The zero-order chi connectivity index (χ0) is 19.9. The maximum absolute atomic E-state index is 13.0. The van der Waals surface area contributed by atoms with E-state index in [2.05, 4.69) is 14.1 Å². The third kappa shape index (κ3) is 5.19. The predicted octanol–water partition coefficient (Wildman–Crippen LogP) is 3.34. The van der Waals surface area contributed by atoms with Crippen LogP contribution in [-0.4, -0.2) is 44.7 Å². The Morgan fingerprint density at radius 3 is 2.86 bits per heavy atom. The van der Waals surface area contributed by atoms with Gasteiger partial charge in [0.05, 0.1) is 31.9 Å². The van der Waals surface area contributed by atoms with Gasteiger partial charge in [-0.05, 0) is 36.6 Å². The number of fused-ring (bicyclic) bond motifs is 1. The van der Waals surface area contributed by atoms with Gasteiger partial charge in [-0.1, -0.05) is 23.5 Å². The van der Waals surface area contributed by atoms with Gasteiger partial charge in [-0.15, -0.1) is 11.3 Å². The van der Waals surface area contributed by atoms with Crippen molar-refractivity contribution >= 4 is 50.0 Å². The fraction of sp³-hybridized carbons (Fsp3) is 0.333. The molecular weight excluding hydrogens is 390 g/mol. The van der Waals surface area contributed by atoms with Gasteiger partial charge in [0.15, 0.2) is 5.13 Å². The van der Waals surface area contributed by atoms with Crippen LogP contribution in [0.15, 0.2) is 41.8 Å². The van der Waals surface area contributed by atoms with E-state index in [1.54, 1.807) is 22.3 Å². The van der Waals surface area contributed by atoms with Crippen molar-refractivity contribution in [3.05, 3.63) is 46.7 Å². The van der Waals surface area contributed by atoms with E-state index in [4.69, 9.17) is 9.72 Å². The number of carbonyl (C=O) groups is 1. The average Bonchev–Trinajstić information content (AvgIpc) is 3.33. The van der Waals surface area contributed by atoms with Crippen LogP contribution >= 0.6 is 22.7 Å². The first kappa shape index (κ1) is 20.5. The summed E-state index contributed by atoms with van der Waals surface area (Å²) in [6.07, 6.45) is 4.43. The second-order valence-electron chi connectivity index (χ2n) is 6.68. The van der Waals surface area contributed by atoms with E-state index >= 15 is 0 Å². The van der Waals surface area contributed by atoms with Crippen LogP contribution in [0, 0.1) is 0 Å². The highest BCUT2D eigenvalue weighted by molar-refractivity contribution is 7.22. The van der Waals surface area contributed by atoms with Gasteiger partial charge < -0.3 is 9.64 Å². The molecule has 0 saturated heterocycles. The minimum absolute atomic E-state index is 0.0424. The van der Waals surface area contributed by atoms with Crippen molar-refractivity contribution < 1.29 is 14.4 Å². The second-order valence-corrected chi connectivity index (χ2v) is 8.67. The average molecular weight is 417 g/mol. The number of anilines is 1. The van der Waals surface area contributed by atoms with Crippen LogP contribution in [-0.2, 0) is 4.79 Å². The number of rotatable bonds is 9. The Balaban J connectivity index is 1.88. The van der Waals surface area contributed by atoms with E-state index in [0.717, 1.165) is 38.9 Å². The molecule has 2 heterocycles. The van der Waals surface area contributed by atoms with Crippen LogP contribution in [0.2, 0.25) is 0 Å². The summed E-state index contributed by atoms with van der Waals surface area (Å²) in [4.78, 5) is 21.9. The lowest BCUT2D eigenvalue weighted by atomic mass is 10.3. The first-order valence-corrected chi connectivity index (χ1v) is 11.1. The molecule has 2 aromatic heterocycles. The maximum Gasteiger partial charge on any atom is 0.252 e. The van der Waals surface area contributed by atoms with Gasteiger partial charge in [-0.3, -0.25) is 9.69 Å². The molecule has 0 aliphatic carbocycles. The molecule has 28 heavy (non-hydrogen) atoms. The fourth-order valence-electron chi connectivity index (χ4n) is 2.82. The van der Waals surface area contributed by atoms with Crippen molar-refractivity contribution in [1.29, 1.82) is 0 Å². The summed E-state index contributed by atoms with van der Waals surface area (Å²) in [7, 11) is 4.24. The summed E-state index contributed by atoms with van der Waals surface area (Å²) in [5.41, 5.74) is 0.822. The topological polar surface area (TPSA) is 46.9 Å². The number of amides is 1. The SMILES string of the molecule is CCOc1cccc2sc(N(CCC[NH+](C)C)C(=O)/C=C/c3cccs3)nc12. The third-order valence-electron chi connectivity index (χ3n) is 4.16. The molecule has 1 amide bonds. The van der Waals surface area contributed by atoms with Crippen molar-refractivity contribution in [3.63, 3.8) is 0 Å². The van der Waals surface area contributed by atoms with Crippen LogP contribution in [0.5, 0.6) is 5.75 Å². The summed E-state index contributed by atoms with van der Waals surface area (Å²) >= 11 is 3.15. The van der Waals surface area contributed by atoms with E-state index < -0.39 is 0 Å². The number of hydrogen-bond acceptors (Lipinski definition) is 5. The Morgan fingerprint density at radius 2 is 2.14 bits per heavy atom. The molecular formula is C21H26N3O2S2+.